The number of hydrogen-bond acceptors (Lipinski definition) is 4. The van der Waals surface area contributed by atoms with Gasteiger partial charge in [0.05, 0.1) is 11.6 Å². The molecule has 0 radical (unpaired) electrons. The van der Waals surface area contributed by atoms with Crippen molar-refractivity contribution in [1.82, 2.24) is 10.6 Å². The van der Waals surface area contributed by atoms with Crippen LogP contribution in [-0.4, -0.2) is 17.1 Å². The van der Waals surface area contributed by atoms with Crippen molar-refractivity contribution < 1.29 is 19.4 Å². The average Bonchev–Trinajstić information content (AvgIpc) is 2.61. The Hall–Kier alpha value is -3.28. The molecule has 26 heavy (non-hydrogen) atoms. The van der Waals surface area contributed by atoms with E-state index in [-0.39, 0.29) is 12.4 Å². The van der Waals surface area contributed by atoms with Crippen LogP contribution in [0.3, 0.4) is 0 Å². The number of amides is 2. The number of allylic oxidation sites excluding steroid dienone is 1. The molecule has 3 N–H and O–H groups in total. The number of urea groups is 1. The first-order valence-corrected chi connectivity index (χ1v) is 8.24. The molecule has 2 amide bonds. The maximum Gasteiger partial charge on any atom is 0.338 e. The van der Waals surface area contributed by atoms with E-state index in [0.717, 1.165) is 11.1 Å². The van der Waals surface area contributed by atoms with E-state index in [9.17, 15) is 14.7 Å². The number of phenolic OH excluding ortho intramolecular Hbond substituents is 1. The molecule has 0 bridgehead atoms. The van der Waals surface area contributed by atoms with Crippen LogP contribution in [-0.2, 0) is 16.1 Å². The van der Waals surface area contributed by atoms with Crippen molar-refractivity contribution in [3.63, 3.8) is 0 Å². The van der Waals surface area contributed by atoms with Crippen LogP contribution in [0.25, 0.3) is 0 Å². The van der Waals surface area contributed by atoms with Gasteiger partial charge in [-0.1, -0.05) is 42.0 Å². The SMILES string of the molecule is CC1=C(C(=O)OCc2ccc(C)cc2)C(c2ccc(O)cc2)NC(=O)N1. The number of carbonyl (C=O) groups excluding carboxylic acids is 2. The molecule has 0 spiro atoms. The number of hydrogen-bond donors (Lipinski definition) is 3. The minimum Gasteiger partial charge on any atom is -0.508 e. The fraction of sp³-hybridized carbons (Fsp3) is 0.200. The fourth-order valence-corrected chi connectivity index (χ4v) is 2.79. The average molecular weight is 352 g/mol. The van der Waals surface area contributed by atoms with Crippen LogP contribution in [0.1, 0.15) is 29.7 Å². The van der Waals surface area contributed by atoms with Crippen LogP contribution >= 0.6 is 0 Å². The number of rotatable bonds is 4. The van der Waals surface area contributed by atoms with E-state index < -0.39 is 18.0 Å². The lowest BCUT2D eigenvalue weighted by molar-refractivity contribution is -0.140. The van der Waals surface area contributed by atoms with Crippen molar-refractivity contribution in [2.75, 3.05) is 0 Å². The Bertz CT molecular complexity index is 854. The van der Waals surface area contributed by atoms with Gasteiger partial charge >= 0.3 is 12.0 Å². The Balaban J connectivity index is 1.82. The molecule has 0 saturated carbocycles. The fourth-order valence-electron chi connectivity index (χ4n) is 2.79. The maximum atomic E-state index is 12.7. The third-order valence-electron chi connectivity index (χ3n) is 4.21. The summed E-state index contributed by atoms with van der Waals surface area (Å²) in [5, 5.41) is 14.8. The van der Waals surface area contributed by atoms with Crippen LogP contribution in [0.5, 0.6) is 5.75 Å². The van der Waals surface area contributed by atoms with Crippen LogP contribution < -0.4 is 10.6 Å². The zero-order valence-corrected chi connectivity index (χ0v) is 14.6. The summed E-state index contributed by atoms with van der Waals surface area (Å²) in [5.74, 6) is -0.396. The molecule has 134 valence electrons. The van der Waals surface area contributed by atoms with Crippen molar-refractivity contribution in [3.05, 3.63) is 76.5 Å². The molecule has 1 heterocycles. The summed E-state index contributed by atoms with van der Waals surface area (Å²) in [5.41, 5.74) is 3.48. The maximum absolute atomic E-state index is 12.7. The lowest BCUT2D eigenvalue weighted by Gasteiger charge is -2.28. The van der Waals surface area contributed by atoms with Crippen molar-refractivity contribution in [2.24, 2.45) is 0 Å². The zero-order valence-electron chi connectivity index (χ0n) is 14.6. The number of phenols is 1. The molecule has 0 fully saturated rings. The van der Waals surface area contributed by atoms with Gasteiger partial charge in [-0.2, -0.15) is 0 Å². The van der Waals surface area contributed by atoms with E-state index in [2.05, 4.69) is 10.6 Å². The number of benzene rings is 2. The first-order chi connectivity index (χ1) is 12.4. The van der Waals surface area contributed by atoms with Gasteiger partial charge in [-0.3, -0.25) is 0 Å². The highest BCUT2D eigenvalue weighted by Crippen LogP contribution is 2.28. The zero-order chi connectivity index (χ0) is 18.7. The topological polar surface area (TPSA) is 87.7 Å². The molecule has 1 atom stereocenters. The number of esters is 1. The second-order valence-electron chi connectivity index (χ2n) is 6.22. The highest BCUT2D eigenvalue weighted by atomic mass is 16.5. The molecule has 0 aliphatic carbocycles. The standard InChI is InChI=1S/C20H20N2O4/c1-12-3-5-14(6-4-12)11-26-19(24)17-13(2)21-20(25)22-18(17)15-7-9-16(23)10-8-15/h3-10,18,23H,11H2,1-2H3,(H2,21,22,25). The lowest BCUT2D eigenvalue weighted by atomic mass is 9.95. The molecule has 2 aromatic carbocycles. The summed E-state index contributed by atoms with van der Waals surface area (Å²) in [7, 11) is 0. The predicted molar refractivity (Wildman–Crippen MR) is 96.2 cm³/mol. The van der Waals surface area contributed by atoms with E-state index >= 15 is 0 Å². The van der Waals surface area contributed by atoms with Gasteiger partial charge in [-0.05, 0) is 37.1 Å². The third kappa shape index (κ3) is 3.85. The quantitative estimate of drug-likeness (QED) is 0.738. The molecule has 1 unspecified atom stereocenters. The Kier molecular flexibility index (Phi) is 4.93. The van der Waals surface area contributed by atoms with Gasteiger partial charge in [0.25, 0.3) is 0 Å². The van der Waals surface area contributed by atoms with Gasteiger partial charge in [0.15, 0.2) is 0 Å². The minimum atomic E-state index is -0.644. The summed E-state index contributed by atoms with van der Waals surface area (Å²) in [6.07, 6.45) is 0. The highest BCUT2D eigenvalue weighted by Gasteiger charge is 2.32. The molecule has 0 aromatic heterocycles. The molecule has 6 nitrogen and oxygen atoms in total. The van der Waals surface area contributed by atoms with Gasteiger partial charge in [0, 0.05) is 5.70 Å². The van der Waals surface area contributed by atoms with Crippen molar-refractivity contribution in [3.8, 4) is 5.75 Å². The van der Waals surface area contributed by atoms with Gasteiger partial charge in [-0.15, -0.1) is 0 Å². The van der Waals surface area contributed by atoms with E-state index in [0.29, 0.717) is 16.8 Å². The van der Waals surface area contributed by atoms with Gasteiger partial charge in [0.2, 0.25) is 0 Å². The minimum absolute atomic E-state index is 0.109. The summed E-state index contributed by atoms with van der Waals surface area (Å²) >= 11 is 0. The normalized spacial score (nSPS) is 16.7. The third-order valence-corrected chi connectivity index (χ3v) is 4.21. The Morgan fingerprint density at radius 3 is 2.38 bits per heavy atom. The largest absolute Gasteiger partial charge is 0.508 e. The molecule has 0 saturated heterocycles. The number of aromatic hydroxyl groups is 1. The van der Waals surface area contributed by atoms with E-state index in [1.807, 2.05) is 31.2 Å². The van der Waals surface area contributed by atoms with Gasteiger partial charge < -0.3 is 20.5 Å². The number of ether oxygens (including phenoxy) is 1. The lowest BCUT2D eigenvalue weighted by Crippen LogP contribution is -2.45. The second kappa shape index (κ2) is 7.31. The molecule has 1 aliphatic rings. The number of aryl methyl sites for hydroxylation is 1. The smallest absolute Gasteiger partial charge is 0.338 e. The Morgan fingerprint density at radius 1 is 1.08 bits per heavy atom. The summed E-state index contributed by atoms with van der Waals surface area (Å²) < 4.78 is 5.45. The first-order valence-electron chi connectivity index (χ1n) is 8.24. The Labute approximate surface area is 151 Å². The van der Waals surface area contributed by atoms with Crippen LogP contribution in [0.15, 0.2) is 59.8 Å². The van der Waals surface area contributed by atoms with Crippen molar-refractivity contribution in [1.29, 1.82) is 0 Å². The van der Waals surface area contributed by atoms with E-state index in [1.165, 1.54) is 12.1 Å². The molecule has 2 aromatic rings. The number of carbonyl (C=O) groups is 2. The van der Waals surface area contributed by atoms with Crippen molar-refractivity contribution in [2.45, 2.75) is 26.5 Å². The highest BCUT2D eigenvalue weighted by molar-refractivity contribution is 5.95. The molecule has 3 rings (SSSR count). The van der Waals surface area contributed by atoms with E-state index in [4.69, 9.17) is 4.74 Å². The van der Waals surface area contributed by atoms with E-state index in [1.54, 1.807) is 19.1 Å². The second-order valence-corrected chi connectivity index (χ2v) is 6.22. The Morgan fingerprint density at radius 2 is 1.73 bits per heavy atom. The molecule has 6 heteroatoms. The molecule has 1 aliphatic heterocycles. The summed E-state index contributed by atoms with van der Waals surface area (Å²) in [6, 6.07) is 13.0. The molecular weight excluding hydrogens is 332 g/mol. The van der Waals surface area contributed by atoms with Crippen molar-refractivity contribution >= 4 is 12.0 Å². The summed E-state index contributed by atoms with van der Waals surface area (Å²) in [4.78, 5) is 24.5. The van der Waals surface area contributed by atoms with Crippen LogP contribution in [0.2, 0.25) is 0 Å². The summed E-state index contributed by atoms with van der Waals surface area (Å²) in [6.45, 7) is 3.79. The monoisotopic (exact) mass is 352 g/mol. The van der Waals surface area contributed by atoms with Crippen LogP contribution in [0, 0.1) is 6.92 Å². The predicted octanol–water partition coefficient (Wildman–Crippen LogP) is 3.07. The van der Waals surface area contributed by atoms with Gasteiger partial charge in [0.1, 0.15) is 12.4 Å². The van der Waals surface area contributed by atoms with Crippen LogP contribution in [0.4, 0.5) is 4.79 Å². The number of nitrogens with one attached hydrogen (secondary N) is 2. The first kappa shape index (κ1) is 17.5. The van der Waals surface area contributed by atoms with Gasteiger partial charge in [-0.25, -0.2) is 9.59 Å². The molecular formula is C20H20N2O4.